The van der Waals surface area contributed by atoms with Crippen LogP contribution in [0.5, 0.6) is 0 Å². The van der Waals surface area contributed by atoms with Gasteiger partial charge in [0.1, 0.15) is 0 Å². The zero-order chi connectivity index (χ0) is 17.7. The number of nitrogens with zero attached hydrogens (tertiary/aromatic N) is 1. The van der Waals surface area contributed by atoms with Crippen LogP contribution in [0.1, 0.15) is 29.7 Å². The molecule has 3 N–H and O–H groups in total. The van der Waals surface area contributed by atoms with Crippen molar-refractivity contribution in [3.8, 4) is 0 Å². The van der Waals surface area contributed by atoms with Crippen LogP contribution in [-0.2, 0) is 27.8 Å². The molecular weight excluding hydrogens is 340 g/mol. The largest absolute Gasteiger partial charge is 0.377 e. The number of aryl methyl sites for hydroxylation is 1. The molecule has 0 radical (unpaired) electrons. The fraction of sp³-hybridized carbons (Fsp3) is 0.471. The first-order valence-corrected chi connectivity index (χ1v) is 9.93. The third-order valence-electron chi connectivity index (χ3n) is 4.34. The Balaban J connectivity index is 1.51. The van der Waals surface area contributed by atoms with Gasteiger partial charge in [0.05, 0.1) is 17.2 Å². The van der Waals surface area contributed by atoms with E-state index in [1.807, 2.05) is 19.1 Å². The number of aromatic amines is 1. The Bertz CT molecular complexity index is 780. The van der Waals surface area contributed by atoms with Crippen LogP contribution in [0.3, 0.4) is 0 Å². The van der Waals surface area contributed by atoms with Gasteiger partial charge < -0.3 is 10.1 Å². The van der Waals surface area contributed by atoms with Crippen molar-refractivity contribution in [1.82, 2.24) is 20.2 Å². The van der Waals surface area contributed by atoms with Crippen LogP contribution in [0.4, 0.5) is 0 Å². The van der Waals surface area contributed by atoms with E-state index in [-0.39, 0.29) is 11.0 Å². The molecular formula is C17H24N4O3S. The molecule has 25 heavy (non-hydrogen) atoms. The summed E-state index contributed by atoms with van der Waals surface area (Å²) >= 11 is 0. The molecule has 1 aromatic carbocycles. The standard InChI is InChI=1S/C17H24N4O3S/c1-13-15(11-19-21-13)10-18-9-14-4-6-17(7-5-14)25(22,23)20-12-16-3-2-8-24-16/h4-7,11,16,18,20H,2-3,8-10,12H2,1H3,(H,19,21). The number of H-pyrrole nitrogens is 1. The number of rotatable bonds is 8. The van der Waals surface area contributed by atoms with E-state index in [1.54, 1.807) is 18.3 Å². The molecule has 1 saturated heterocycles. The van der Waals surface area contributed by atoms with Gasteiger partial charge in [-0.05, 0) is 37.5 Å². The number of aromatic nitrogens is 2. The van der Waals surface area contributed by atoms with E-state index in [0.29, 0.717) is 26.2 Å². The predicted octanol–water partition coefficient (Wildman–Crippen LogP) is 1.47. The van der Waals surface area contributed by atoms with Crippen molar-refractivity contribution in [1.29, 1.82) is 0 Å². The first kappa shape index (κ1) is 18.1. The van der Waals surface area contributed by atoms with Crippen molar-refractivity contribution < 1.29 is 13.2 Å². The van der Waals surface area contributed by atoms with E-state index < -0.39 is 10.0 Å². The van der Waals surface area contributed by atoms with Crippen LogP contribution in [0.25, 0.3) is 0 Å². The Morgan fingerprint density at radius 3 is 2.72 bits per heavy atom. The third-order valence-corrected chi connectivity index (χ3v) is 5.78. The zero-order valence-electron chi connectivity index (χ0n) is 14.3. The second-order valence-electron chi connectivity index (χ2n) is 6.25. The van der Waals surface area contributed by atoms with Crippen molar-refractivity contribution in [3.63, 3.8) is 0 Å². The molecule has 136 valence electrons. The van der Waals surface area contributed by atoms with E-state index in [4.69, 9.17) is 4.74 Å². The number of benzene rings is 1. The predicted molar refractivity (Wildman–Crippen MR) is 94.5 cm³/mol. The Morgan fingerprint density at radius 2 is 2.08 bits per heavy atom. The SMILES string of the molecule is Cc1[nH]ncc1CNCc1ccc(S(=O)(=O)NCC2CCCO2)cc1. The summed E-state index contributed by atoms with van der Waals surface area (Å²) < 4.78 is 32.7. The molecule has 8 heteroatoms. The van der Waals surface area contributed by atoms with Crippen LogP contribution >= 0.6 is 0 Å². The monoisotopic (exact) mass is 364 g/mol. The second kappa shape index (κ2) is 8.09. The molecule has 1 aliphatic heterocycles. The maximum absolute atomic E-state index is 12.3. The summed E-state index contributed by atoms with van der Waals surface area (Å²) in [5.74, 6) is 0. The van der Waals surface area contributed by atoms with Gasteiger partial charge >= 0.3 is 0 Å². The van der Waals surface area contributed by atoms with Crippen LogP contribution in [-0.4, -0.2) is 37.9 Å². The molecule has 0 amide bonds. The fourth-order valence-electron chi connectivity index (χ4n) is 2.77. The van der Waals surface area contributed by atoms with Gasteiger partial charge in [0.15, 0.2) is 0 Å². The molecule has 1 aliphatic rings. The molecule has 1 aromatic heterocycles. The van der Waals surface area contributed by atoms with Crippen molar-refractivity contribution >= 4 is 10.0 Å². The van der Waals surface area contributed by atoms with E-state index in [9.17, 15) is 8.42 Å². The number of hydrogen-bond donors (Lipinski definition) is 3. The summed E-state index contributed by atoms with van der Waals surface area (Å²) in [5, 5.41) is 10.2. The average molecular weight is 364 g/mol. The molecule has 1 fully saturated rings. The highest BCUT2D eigenvalue weighted by Gasteiger charge is 2.20. The van der Waals surface area contributed by atoms with E-state index in [2.05, 4.69) is 20.2 Å². The molecule has 1 unspecified atom stereocenters. The maximum atomic E-state index is 12.3. The summed E-state index contributed by atoms with van der Waals surface area (Å²) in [6.45, 7) is 4.40. The van der Waals surface area contributed by atoms with Gasteiger partial charge in [-0.15, -0.1) is 0 Å². The Morgan fingerprint density at radius 1 is 1.28 bits per heavy atom. The number of nitrogens with one attached hydrogen (secondary N) is 3. The van der Waals surface area contributed by atoms with E-state index in [0.717, 1.165) is 29.7 Å². The lowest BCUT2D eigenvalue weighted by Gasteiger charge is -2.12. The normalized spacial score (nSPS) is 17.9. The highest BCUT2D eigenvalue weighted by atomic mass is 32.2. The van der Waals surface area contributed by atoms with Crippen molar-refractivity contribution in [3.05, 3.63) is 47.3 Å². The van der Waals surface area contributed by atoms with Gasteiger partial charge in [0.2, 0.25) is 10.0 Å². The van der Waals surface area contributed by atoms with Gasteiger partial charge in [0.25, 0.3) is 0 Å². The summed E-state index contributed by atoms with van der Waals surface area (Å²) in [6, 6.07) is 6.93. The highest BCUT2D eigenvalue weighted by molar-refractivity contribution is 7.89. The average Bonchev–Trinajstić information content (AvgIpc) is 3.26. The number of hydrogen-bond acceptors (Lipinski definition) is 5. The summed E-state index contributed by atoms with van der Waals surface area (Å²) in [4.78, 5) is 0.278. The smallest absolute Gasteiger partial charge is 0.240 e. The van der Waals surface area contributed by atoms with E-state index >= 15 is 0 Å². The topological polar surface area (TPSA) is 96.1 Å². The number of sulfonamides is 1. The Hall–Kier alpha value is -1.74. The molecule has 3 rings (SSSR count). The summed E-state index contributed by atoms with van der Waals surface area (Å²) in [7, 11) is -3.49. The lowest BCUT2D eigenvalue weighted by molar-refractivity contribution is 0.114. The van der Waals surface area contributed by atoms with Gasteiger partial charge in [-0.3, -0.25) is 5.10 Å². The van der Waals surface area contributed by atoms with Gasteiger partial charge in [-0.2, -0.15) is 5.10 Å². The van der Waals surface area contributed by atoms with Gasteiger partial charge in [-0.1, -0.05) is 12.1 Å². The lowest BCUT2D eigenvalue weighted by Crippen LogP contribution is -2.31. The van der Waals surface area contributed by atoms with Gasteiger partial charge in [0, 0.05) is 37.5 Å². The quantitative estimate of drug-likeness (QED) is 0.659. The maximum Gasteiger partial charge on any atom is 0.240 e. The molecule has 1 atom stereocenters. The lowest BCUT2D eigenvalue weighted by atomic mass is 10.2. The van der Waals surface area contributed by atoms with E-state index in [1.165, 1.54) is 0 Å². The van der Waals surface area contributed by atoms with Crippen LogP contribution in [0.15, 0.2) is 35.4 Å². The first-order chi connectivity index (χ1) is 12.0. The van der Waals surface area contributed by atoms with Crippen molar-refractivity contribution in [2.75, 3.05) is 13.2 Å². The van der Waals surface area contributed by atoms with Crippen molar-refractivity contribution in [2.24, 2.45) is 0 Å². The number of ether oxygens (including phenoxy) is 1. The van der Waals surface area contributed by atoms with Gasteiger partial charge in [-0.25, -0.2) is 13.1 Å². The molecule has 0 aliphatic carbocycles. The molecule has 2 heterocycles. The minimum absolute atomic E-state index is 0.00961. The minimum Gasteiger partial charge on any atom is -0.377 e. The minimum atomic E-state index is -3.49. The van der Waals surface area contributed by atoms with Crippen LogP contribution in [0.2, 0.25) is 0 Å². The Labute approximate surface area is 148 Å². The third kappa shape index (κ3) is 4.88. The molecule has 0 saturated carbocycles. The first-order valence-electron chi connectivity index (χ1n) is 8.44. The van der Waals surface area contributed by atoms with Crippen LogP contribution < -0.4 is 10.0 Å². The highest BCUT2D eigenvalue weighted by Crippen LogP contribution is 2.14. The molecule has 0 bridgehead atoms. The zero-order valence-corrected chi connectivity index (χ0v) is 15.1. The fourth-order valence-corrected chi connectivity index (χ4v) is 3.84. The second-order valence-corrected chi connectivity index (χ2v) is 8.02. The summed E-state index contributed by atoms with van der Waals surface area (Å²) in [6.07, 6.45) is 3.69. The molecule has 2 aromatic rings. The summed E-state index contributed by atoms with van der Waals surface area (Å²) in [5.41, 5.74) is 3.20. The molecule has 0 spiro atoms. The van der Waals surface area contributed by atoms with Crippen LogP contribution in [0, 0.1) is 6.92 Å². The molecule has 7 nitrogen and oxygen atoms in total. The Kier molecular flexibility index (Phi) is 5.85. The van der Waals surface area contributed by atoms with Crippen molar-refractivity contribution in [2.45, 2.75) is 43.9 Å².